The average molecular weight is 401 g/mol. The highest BCUT2D eigenvalue weighted by atomic mass is 16.5. The van der Waals surface area contributed by atoms with Crippen LogP contribution in [0.4, 0.5) is 0 Å². The number of fused-ring (bicyclic) bond motifs is 1. The van der Waals surface area contributed by atoms with Crippen molar-refractivity contribution >= 4 is 16.7 Å². The van der Waals surface area contributed by atoms with E-state index in [0.717, 1.165) is 21.9 Å². The second kappa shape index (κ2) is 8.37. The van der Waals surface area contributed by atoms with Gasteiger partial charge in [0.1, 0.15) is 5.75 Å². The molecule has 1 amide bonds. The molecule has 0 aliphatic carbocycles. The number of aromatic nitrogens is 2. The number of rotatable bonds is 6. The molecule has 0 aliphatic heterocycles. The van der Waals surface area contributed by atoms with E-state index in [4.69, 9.17) is 9.26 Å². The van der Waals surface area contributed by atoms with Crippen LogP contribution in [0.5, 0.6) is 5.75 Å². The summed E-state index contributed by atoms with van der Waals surface area (Å²) in [6.07, 6.45) is -0.653. The molecule has 0 spiro atoms. The van der Waals surface area contributed by atoms with Gasteiger partial charge < -0.3 is 14.2 Å². The first kappa shape index (κ1) is 19.6. The number of likely N-dealkylation sites (N-methyl/N-ethyl adjacent to an activating group) is 1. The number of hydrogen-bond acceptors (Lipinski definition) is 5. The predicted octanol–water partition coefficient (Wildman–Crippen LogP) is 4.62. The number of benzene rings is 3. The standard InChI is InChI=1S/C24H23N3O3/c1-16-8-6-11-19(14-16)23-25-22(30-26-23)15-27(3)24(28)17(2)29-21-13-7-10-18-9-4-5-12-20(18)21/h4-14,17H,15H2,1-3H3/t17-/m0/s1. The SMILES string of the molecule is Cc1cccc(-c2noc(CN(C)C(=O)[C@H](C)Oc3cccc4ccccc34)n2)c1. The smallest absolute Gasteiger partial charge is 0.263 e. The first-order chi connectivity index (χ1) is 14.5. The van der Waals surface area contributed by atoms with Gasteiger partial charge in [-0.15, -0.1) is 0 Å². The summed E-state index contributed by atoms with van der Waals surface area (Å²) in [4.78, 5) is 18.8. The molecule has 6 heteroatoms. The van der Waals surface area contributed by atoms with Gasteiger partial charge in [-0.25, -0.2) is 0 Å². The molecule has 4 aromatic rings. The van der Waals surface area contributed by atoms with Crippen LogP contribution < -0.4 is 4.74 Å². The van der Waals surface area contributed by atoms with Crippen molar-refractivity contribution in [2.45, 2.75) is 26.5 Å². The number of amides is 1. The second-order valence-corrected chi connectivity index (χ2v) is 7.31. The van der Waals surface area contributed by atoms with Crippen LogP contribution in [-0.2, 0) is 11.3 Å². The van der Waals surface area contributed by atoms with E-state index in [1.54, 1.807) is 14.0 Å². The van der Waals surface area contributed by atoms with Crippen molar-refractivity contribution in [3.05, 3.63) is 78.2 Å². The minimum absolute atomic E-state index is 0.168. The largest absolute Gasteiger partial charge is 0.480 e. The summed E-state index contributed by atoms with van der Waals surface area (Å²) < 4.78 is 11.3. The zero-order chi connectivity index (χ0) is 21.1. The van der Waals surface area contributed by atoms with Gasteiger partial charge in [0, 0.05) is 18.0 Å². The van der Waals surface area contributed by atoms with Crippen molar-refractivity contribution < 1.29 is 14.1 Å². The van der Waals surface area contributed by atoms with Crippen molar-refractivity contribution in [3.8, 4) is 17.1 Å². The molecule has 1 heterocycles. The van der Waals surface area contributed by atoms with E-state index in [9.17, 15) is 4.79 Å². The number of ether oxygens (including phenoxy) is 1. The fourth-order valence-electron chi connectivity index (χ4n) is 3.35. The molecule has 3 aromatic carbocycles. The third-order valence-electron chi connectivity index (χ3n) is 4.89. The molecule has 6 nitrogen and oxygen atoms in total. The van der Waals surface area contributed by atoms with Crippen molar-refractivity contribution in [1.82, 2.24) is 15.0 Å². The fraction of sp³-hybridized carbons (Fsp3) is 0.208. The molecular weight excluding hydrogens is 378 g/mol. The van der Waals surface area contributed by atoms with Crippen molar-refractivity contribution in [2.24, 2.45) is 0 Å². The van der Waals surface area contributed by atoms with Crippen molar-refractivity contribution in [3.63, 3.8) is 0 Å². The molecule has 1 aromatic heterocycles. The first-order valence-electron chi connectivity index (χ1n) is 9.80. The molecule has 4 rings (SSSR count). The quantitative estimate of drug-likeness (QED) is 0.471. The molecule has 152 valence electrons. The van der Waals surface area contributed by atoms with Gasteiger partial charge >= 0.3 is 0 Å². The van der Waals surface area contributed by atoms with Gasteiger partial charge in [0.05, 0.1) is 6.54 Å². The van der Waals surface area contributed by atoms with Gasteiger partial charge in [-0.3, -0.25) is 4.79 Å². The summed E-state index contributed by atoms with van der Waals surface area (Å²) in [5.74, 6) is 1.40. The number of carbonyl (C=O) groups is 1. The summed E-state index contributed by atoms with van der Waals surface area (Å²) >= 11 is 0. The summed E-state index contributed by atoms with van der Waals surface area (Å²) in [5, 5.41) is 6.07. The molecule has 0 unspecified atom stereocenters. The molecule has 0 bridgehead atoms. The Morgan fingerprint density at radius 2 is 1.87 bits per heavy atom. The van der Waals surface area contributed by atoms with E-state index >= 15 is 0 Å². The van der Waals surface area contributed by atoms with Gasteiger partial charge in [-0.05, 0) is 31.4 Å². The maximum Gasteiger partial charge on any atom is 0.263 e. The normalized spacial score (nSPS) is 12.0. The predicted molar refractivity (Wildman–Crippen MR) is 115 cm³/mol. The van der Waals surface area contributed by atoms with Gasteiger partial charge in [-0.1, -0.05) is 65.3 Å². The van der Waals surface area contributed by atoms with Crippen LogP contribution in [0.25, 0.3) is 22.2 Å². The third-order valence-corrected chi connectivity index (χ3v) is 4.89. The Bertz CT molecular complexity index is 1180. The Balaban J connectivity index is 1.43. The average Bonchev–Trinajstić information content (AvgIpc) is 3.22. The zero-order valence-electron chi connectivity index (χ0n) is 17.2. The lowest BCUT2D eigenvalue weighted by Gasteiger charge is -2.21. The molecule has 0 N–H and O–H groups in total. The Morgan fingerprint density at radius 1 is 1.10 bits per heavy atom. The summed E-state index contributed by atoms with van der Waals surface area (Å²) in [6.45, 7) is 3.96. The summed E-state index contributed by atoms with van der Waals surface area (Å²) in [5.41, 5.74) is 2.00. The van der Waals surface area contributed by atoms with Crippen LogP contribution in [0.1, 0.15) is 18.4 Å². The topological polar surface area (TPSA) is 68.5 Å². The van der Waals surface area contributed by atoms with Gasteiger partial charge in [0.25, 0.3) is 5.91 Å². The summed E-state index contributed by atoms with van der Waals surface area (Å²) in [7, 11) is 1.70. The Kier molecular flexibility index (Phi) is 5.48. The highest BCUT2D eigenvalue weighted by molar-refractivity contribution is 5.89. The zero-order valence-corrected chi connectivity index (χ0v) is 17.2. The van der Waals surface area contributed by atoms with E-state index in [1.165, 1.54) is 4.90 Å². The highest BCUT2D eigenvalue weighted by Gasteiger charge is 2.22. The Morgan fingerprint density at radius 3 is 2.70 bits per heavy atom. The minimum atomic E-state index is -0.653. The van der Waals surface area contributed by atoms with Gasteiger partial charge in [0.15, 0.2) is 6.10 Å². The highest BCUT2D eigenvalue weighted by Crippen LogP contribution is 2.26. The molecule has 0 aliphatic rings. The van der Waals surface area contributed by atoms with Crippen LogP contribution >= 0.6 is 0 Å². The molecule has 0 radical (unpaired) electrons. The lowest BCUT2D eigenvalue weighted by atomic mass is 10.1. The van der Waals surface area contributed by atoms with Crippen LogP contribution in [0.15, 0.2) is 71.3 Å². The van der Waals surface area contributed by atoms with E-state index in [-0.39, 0.29) is 12.5 Å². The molecular formula is C24H23N3O3. The Hall–Kier alpha value is -3.67. The van der Waals surface area contributed by atoms with E-state index in [2.05, 4.69) is 10.1 Å². The van der Waals surface area contributed by atoms with Crippen LogP contribution in [0, 0.1) is 6.92 Å². The number of aryl methyl sites for hydroxylation is 1. The van der Waals surface area contributed by atoms with Gasteiger partial charge in [-0.2, -0.15) is 4.98 Å². The van der Waals surface area contributed by atoms with Crippen LogP contribution in [0.3, 0.4) is 0 Å². The van der Waals surface area contributed by atoms with Crippen molar-refractivity contribution in [2.75, 3.05) is 7.05 Å². The van der Waals surface area contributed by atoms with E-state index in [0.29, 0.717) is 17.5 Å². The monoisotopic (exact) mass is 401 g/mol. The maximum absolute atomic E-state index is 12.8. The first-order valence-corrected chi connectivity index (χ1v) is 9.80. The minimum Gasteiger partial charge on any atom is -0.480 e. The lowest BCUT2D eigenvalue weighted by Crippen LogP contribution is -2.37. The molecule has 1 atom stereocenters. The van der Waals surface area contributed by atoms with Crippen molar-refractivity contribution in [1.29, 1.82) is 0 Å². The molecule has 0 saturated carbocycles. The van der Waals surface area contributed by atoms with Gasteiger partial charge in [0.2, 0.25) is 11.7 Å². The third kappa shape index (κ3) is 4.17. The molecule has 0 fully saturated rings. The van der Waals surface area contributed by atoms with E-state index < -0.39 is 6.10 Å². The molecule has 0 saturated heterocycles. The Labute approximate surface area is 175 Å². The van der Waals surface area contributed by atoms with Crippen LogP contribution in [0.2, 0.25) is 0 Å². The maximum atomic E-state index is 12.8. The number of carbonyl (C=O) groups excluding carboxylic acids is 1. The van der Waals surface area contributed by atoms with Crippen LogP contribution in [-0.4, -0.2) is 34.1 Å². The fourth-order valence-corrected chi connectivity index (χ4v) is 3.35. The summed E-state index contributed by atoms with van der Waals surface area (Å²) in [6, 6.07) is 21.6. The molecule has 30 heavy (non-hydrogen) atoms. The number of hydrogen-bond donors (Lipinski definition) is 0. The number of nitrogens with zero attached hydrogens (tertiary/aromatic N) is 3. The second-order valence-electron chi connectivity index (χ2n) is 7.31. The lowest BCUT2D eigenvalue weighted by molar-refractivity contribution is -0.137. The van der Waals surface area contributed by atoms with E-state index in [1.807, 2.05) is 73.7 Å².